The van der Waals surface area contributed by atoms with Crippen molar-refractivity contribution >= 4 is 23.0 Å². The highest BCUT2D eigenvalue weighted by Gasteiger charge is 2.33. The third kappa shape index (κ3) is 5.30. The van der Waals surface area contributed by atoms with Crippen molar-refractivity contribution in [1.82, 2.24) is 5.32 Å². The number of carbonyl (C=O) groups is 1. The molecule has 5 heteroatoms. The molecule has 1 heterocycles. The molecule has 0 saturated carbocycles. The van der Waals surface area contributed by atoms with Gasteiger partial charge in [-0.25, -0.2) is 4.39 Å². The number of ketones is 1. The minimum atomic E-state index is -0.693. The number of benzene rings is 1. The number of nitrogens with zero attached hydrogens (tertiary/aromatic N) is 1. The van der Waals surface area contributed by atoms with Crippen molar-refractivity contribution in [3.63, 3.8) is 0 Å². The average molecular weight is 386 g/mol. The fourth-order valence-electron chi connectivity index (χ4n) is 3.09. The van der Waals surface area contributed by atoms with Crippen molar-refractivity contribution in [3.8, 4) is 0 Å². The van der Waals surface area contributed by atoms with Gasteiger partial charge in [-0.3, -0.25) is 4.79 Å². The van der Waals surface area contributed by atoms with Crippen LogP contribution in [-0.4, -0.2) is 17.3 Å². The van der Waals surface area contributed by atoms with Crippen LogP contribution in [0.1, 0.15) is 54.6 Å². The van der Waals surface area contributed by atoms with Crippen molar-refractivity contribution in [1.29, 1.82) is 0 Å². The van der Waals surface area contributed by atoms with Gasteiger partial charge >= 0.3 is 0 Å². The number of pyridine rings is 1. The maximum absolute atomic E-state index is 13.2. The Morgan fingerprint density at radius 2 is 1.78 bits per heavy atom. The molecule has 0 bridgehead atoms. The Hall–Kier alpha value is -2.40. The Balaban J connectivity index is 2.37. The number of Topliss-reactive ketones (excluding diaryl/α,β-unsaturated/α-hetero) is 1. The molecule has 1 atom stereocenters. The molecular weight excluding hydrogens is 359 g/mol. The molecule has 1 aromatic carbocycles. The summed E-state index contributed by atoms with van der Waals surface area (Å²) >= 11 is 5.48. The summed E-state index contributed by atoms with van der Waals surface area (Å²) in [6, 6.07) is 8.93. The highest BCUT2D eigenvalue weighted by Crippen LogP contribution is 2.22. The summed E-state index contributed by atoms with van der Waals surface area (Å²) in [4.78, 5) is 13.5. The Morgan fingerprint density at radius 3 is 2.30 bits per heavy atom. The summed E-state index contributed by atoms with van der Waals surface area (Å²) in [6.07, 6.45) is 7.60. The first kappa shape index (κ1) is 20.9. The summed E-state index contributed by atoms with van der Waals surface area (Å²) < 4.78 is 15.0. The minimum absolute atomic E-state index is 0.183. The lowest BCUT2D eigenvalue weighted by Gasteiger charge is -2.16. The van der Waals surface area contributed by atoms with Gasteiger partial charge in [-0.1, -0.05) is 32.1 Å². The molecule has 142 valence electrons. The fourth-order valence-corrected chi connectivity index (χ4v) is 3.40. The third-order valence-corrected chi connectivity index (χ3v) is 5.05. The number of nitrogens with one attached hydrogen (secondary N) is 1. The first-order chi connectivity index (χ1) is 13.0. The molecule has 27 heavy (non-hydrogen) atoms. The third-order valence-electron chi connectivity index (χ3n) is 4.68. The molecule has 0 aliphatic rings. The van der Waals surface area contributed by atoms with E-state index in [0.717, 1.165) is 12.8 Å². The topological polar surface area (TPSA) is 33.0 Å². The quantitative estimate of drug-likeness (QED) is 0.298. The monoisotopic (exact) mass is 385 g/mol. The Kier molecular flexibility index (Phi) is 7.80. The lowest BCUT2D eigenvalue weighted by Crippen LogP contribution is -2.51. The number of rotatable bonds is 9. The maximum Gasteiger partial charge on any atom is 0.270 e. The van der Waals surface area contributed by atoms with E-state index in [1.807, 2.05) is 24.5 Å². The van der Waals surface area contributed by atoms with Crippen LogP contribution in [0.2, 0.25) is 0 Å². The van der Waals surface area contributed by atoms with Gasteiger partial charge in [-0.2, -0.15) is 4.57 Å². The molecule has 2 rings (SSSR count). The molecule has 0 aliphatic carbocycles. The zero-order valence-corrected chi connectivity index (χ0v) is 16.6. The van der Waals surface area contributed by atoms with Crippen molar-refractivity contribution in [2.75, 3.05) is 6.54 Å². The number of halogens is 1. The SMILES string of the molecule is C=CCNC(=S)[C@@H](C(=O)c1ccc(F)cc1)[n+]1ccc(C(CC)CC)cc1. The van der Waals surface area contributed by atoms with Crippen LogP contribution in [0.3, 0.4) is 0 Å². The van der Waals surface area contributed by atoms with Crippen molar-refractivity contribution < 1.29 is 13.8 Å². The van der Waals surface area contributed by atoms with Gasteiger partial charge in [0.25, 0.3) is 6.04 Å². The van der Waals surface area contributed by atoms with E-state index in [4.69, 9.17) is 12.2 Å². The lowest BCUT2D eigenvalue weighted by atomic mass is 9.95. The van der Waals surface area contributed by atoms with Crippen molar-refractivity contribution in [3.05, 3.63) is 78.4 Å². The maximum atomic E-state index is 13.2. The van der Waals surface area contributed by atoms with E-state index in [2.05, 4.69) is 25.7 Å². The number of hydrogen-bond donors (Lipinski definition) is 1. The van der Waals surface area contributed by atoms with E-state index in [1.54, 1.807) is 10.6 Å². The minimum Gasteiger partial charge on any atom is -0.370 e. The predicted molar refractivity (Wildman–Crippen MR) is 111 cm³/mol. The van der Waals surface area contributed by atoms with Crippen LogP contribution in [0.5, 0.6) is 0 Å². The first-order valence-electron chi connectivity index (χ1n) is 9.20. The van der Waals surface area contributed by atoms with Gasteiger partial charge in [0.15, 0.2) is 17.4 Å². The van der Waals surface area contributed by atoms with Gasteiger partial charge in [-0.15, -0.1) is 6.58 Å². The lowest BCUT2D eigenvalue weighted by molar-refractivity contribution is -0.692. The second-order valence-electron chi connectivity index (χ2n) is 6.40. The van der Waals surface area contributed by atoms with Crippen LogP contribution in [0.15, 0.2) is 61.4 Å². The number of thiocarbonyl (C=S) groups is 1. The summed E-state index contributed by atoms with van der Waals surface area (Å²) in [6.45, 7) is 8.48. The highest BCUT2D eigenvalue weighted by atomic mass is 32.1. The molecule has 0 aliphatic heterocycles. The number of hydrogen-bond acceptors (Lipinski definition) is 2. The van der Waals surface area contributed by atoms with Gasteiger partial charge in [0, 0.05) is 24.2 Å². The van der Waals surface area contributed by atoms with Crippen LogP contribution < -0.4 is 9.88 Å². The van der Waals surface area contributed by atoms with Crippen LogP contribution in [0.25, 0.3) is 0 Å². The molecule has 0 fully saturated rings. The first-order valence-corrected chi connectivity index (χ1v) is 9.61. The molecule has 1 N–H and O–H groups in total. The molecule has 0 unspecified atom stereocenters. The van der Waals surface area contributed by atoms with E-state index in [1.165, 1.54) is 29.8 Å². The Morgan fingerprint density at radius 1 is 1.19 bits per heavy atom. The Labute approximate surface area is 165 Å². The summed E-state index contributed by atoms with van der Waals surface area (Å²) in [5.74, 6) is -0.0637. The molecule has 0 spiro atoms. The molecule has 2 aromatic rings. The standard InChI is InChI=1S/C22H25FN2OS/c1-4-13-24-22(27)20(21(26)18-7-9-19(23)10-8-18)25-14-11-17(12-15-25)16(5-2)6-3/h4,7-12,14-16,20H,1,5-6,13H2,2-3H3/p+1/t20-/m1/s1. The largest absolute Gasteiger partial charge is 0.370 e. The molecule has 0 amide bonds. The average Bonchev–Trinajstić information content (AvgIpc) is 2.69. The van der Waals surface area contributed by atoms with Crippen LogP contribution in [0.4, 0.5) is 4.39 Å². The van der Waals surface area contributed by atoms with Gasteiger partial charge in [-0.05, 0) is 48.6 Å². The summed E-state index contributed by atoms with van der Waals surface area (Å²) in [7, 11) is 0. The van der Waals surface area contributed by atoms with Crippen molar-refractivity contribution in [2.45, 2.75) is 38.6 Å². The predicted octanol–water partition coefficient (Wildman–Crippen LogP) is 4.54. The molecular formula is C22H26FN2OS+. The fraction of sp³-hybridized carbons (Fsp3) is 0.318. The van der Waals surface area contributed by atoms with E-state index < -0.39 is 6.04 Å². The highest BCUT2D eigenvalue weighted by molar-refractivity contribution is 7.80. The molecule has 0 radical (unpaired) electrons. The second kappa shape index (κ2) is 10.1. The second-order valence-corrected chi connectivity index (χ2v) is 6.84. The van der Waals surface area contributed by atoms with Gasteiger partial charge in [0.2, 0.25) is 5.78 Å². The zero-order chi connectivity index (χ0) is 19.8. The molecule has 3 nitrogen and oxygen atoms in total. The van der Waals surface area contributed by atoms with E-state index >= 15 is 0 Å². The Bertz CT molecular complexity index is 783. The normalized spacial score (nSPS) is 11.9. The van der Waals surface area contributed by atoms with E-state index in [0.29, 0.717) is 23.0 Å². The van der Waals surface area contributed by atoms with E-state index in [-0.39, 0.29) is 11.6 Å². The smallest absolute Gasteiger partial charge is 0.270 e. The summed E-state index contributed by atoms with van der Waals surface area (Å²) in [5, 5.41) is 3.05. The molecule has 1 aromatic heterocycles. The van der Waals surface area contributed by atoms with Gasteiger partial charge < -0.3 is 5.32 Å². The van der Waals surface area contributed by atoms with Gasteiger partial charge in [0.1, 0.15) is 5.82 Å². The van der Waals surface area contributed by atoms with Crippen LogP contribution >= 0.6 is 12.2 Å². The number of carbonyl (C=O) groups excluding carboxylic acids is 1. The van der Waals surface area contributed by atoms with Crippen LogP contribution in [0, 0.1) is 5.82 Å². The zero-order valence-electron chi connectivity index (χ0n) is 15.8. The van der Waals surface area contributed by atoms with Crippen molar-refractivity contribution in [2.24, 2.45) is 0 Å². The number of aromatic nitrogens is 1. The molecule has 0 saturated heterocycles. The van der Waals surface area contributed by atoms with Gasteiger partial charge in [0.05, 0.1) is 0 Å². The van der Waals surface area contributed by atoms with E-state index in [9.17, 15) is 9.18 Å². The van der Waals surface area contributed by atoms with Crippen LogP contribution in [-0.2, 0) is 0 Å². The summed E-state index contributed by atoms with van der Waals surface area (Å²) in [5.41, 5.74) is 1.66.